The van der Waals surface area contributed by atoms with E-state index in [-0.39, 0.29) is 0 Å². The number of fused-ring (bicyclic) bond motifs is 1. The van der Waals surface area contributed by atoms with Crippen LogP contribution in [0.2, 0.25) is 5.15 Å². The molecule has 4 heteroatoms. The van der Waals surface area contributed by atoms with E-state index in [0.717, 1.165) is 28.6 Å². The molecule has 0 aliphatic heterocycles. The van der Waals surface area contributed by atoms with Crippen molar-refractivity contribution >= 4 is 22.6 Å². The summed E-state index contributed by atoms with van der Waals surface area (Å²) in [5, 5.41) is 1.53. The summed E-state index contributed by atoms with van der Waals surface area (Å²) >= 11 is 6.15. The SMILES string of the molecule is CCc1nc(-c2cc3ccccc3o2)nc(Cl)c1C. The summed E-state index contributed by atoms with van der Waals surface area (Å²) in [5.74, 6) is 1.20. The van der Waals surface area contributed by atoms with E-state index in [9.17, 15) is 0 Å². The van der Waals surface area contributed by atoms with E-state index in [1.165, 1.54) is 0 Å². The molecule has 0 fully saturated rings. The topological polar surface area (TPSA) is 38.9 Å². The van der Waals surface area contributed by atoms with Crippen molar-refractivity contribution in [3.63, 3.8) is 0 Å². The number of aromatic nitrogens is 2. The first-order valence-electron chi connectivity index (χ1n) is 6.21. The van der Waals surface area contributed by atoms with Gasteiger partial charge in [-0.3, -0.25) is 0 Å². The van der Waals surface area contributed by atoms with Gasteiger partial charge in [-0.25, -0.2) is 9.97 Å². The largest absolute Gasteiger partial charge is 0.453 e. The number of aryl methyl sites for hydroxylation is 1. The van der Waals surface area contributed by atoms with E-state index in [0.29, 0.717) is 16.7 Å². The number of para-hydroxylation sites is 1. The van der Waals surface area contributed by atoms with Crippen LogP contribution in [0, 0.1) is 6.92 Å². The van der Waals surface area contributed by atoms with E-state index >= 15 is 0 Å². The van der Waals surface area contributed by atoms with E-state index < -0.39 is 0 Å². The molecule has 0 radical (unpaired) electrons. The third-order valence-corrected chi connectivity index (χ3v) is 3.54. The summed E-state index contributed by atoms with van der Waals surface area (Å²) in [7, 11) is 0. The van der Waals surface area contributed by atoms with Crippen LogP contribution in [0.25, 0.3) is 22.6 Å². The summed E-state index contributed by atoms with van der Waals surface area (Å²) in [6.45, 7) is 3.98. The standard InChI is InChI=1S/C15H13ClN2O/c1-3-11-9(2)14(16)18-15(17-11)13-8-10-6-4-5-7-12(10)19-13/h4-8H,3H2,1-2H3. The van der Waals surface area contributed by atoms with Crippen LogP contribution in [-0.2, 0) is 6.42 Å². The predicted octanol–water partition coefficient (Wildman–Crippen LogP) is 4.41. The molecule has 19 heavy (non-hydrogen) atoms. The fourth-order valence-electron chi connectivity index (χ4n) is 2.08. The molecule has 3 aromatic rings. The first kappa shape index (κ1) is 12.2. The molecule has 1 aromatic carbocycles. The summed E-state index contributed by atoms with van der Waals surface area (Å²) < 4.78 is 5.76. The van der Waals surface area contributed by atoms with Gasteiger partial charge in [-0.2, -0.15) is 0 Å². The maximum absolute atomic E-state index is 6.15. The number of halogens is 1. The van der Waals surface area contributed by atoms with E-state index in [1.54, 1.807) is 0 Å². The molecule has 96 valence electrons. The van der Waals surface area contributed by atoms with Gasteiger partial charge < -0.3 is 4.42 Å². The zero-order valence-corrected chi connectivity index (χ0v) is 11.5. The normalized spacial score (nSPS) is 11.1. The molecule has 2 aromatic heterocycles. The minimum atomic E-state index is 0.488. The third kappa shape index (κ3) is 2.10. The van der Waals surface area contributed by atoms with Gasteiger partial charge in [0.1, 0.15) is 10.7 Å². The molecule has 0 unspecified atom stereocenters. The van der Waals surface area contributed by atoms with Crippen LogP contribution in [0.15, 0.2) is 34.7 Å². The monoisotopic (exact) mass is 272 g/mol. The molecule has 0 aliphatic carbocycles. The quantitative estimate of drug-likeness (QED) is 0.649. The lowest BCUT2D eigenvalue weighted by Crippen LogP contribution is -1.98. The molecular formula is C15H13ClN2O. The number of hydrogen-bond donors (Lipinski definition) is 0. The van der Waals surface area contributed by atoms with Crippen molar-refractivity contribution in [2.75, 3.05) is 0 Å². The Morgan fingerprint density at radius 1 is 1.21 bits per heavy atom. The Morgan fingerprint density at radius 2 is 2.00 bits per heavy atom. The predicted molar refractivity (Wildman–Crippen MR) is 76.4 cm³/mol. The highest BCUT2D eigenvalue weighted by molar-refractivity contribution is 6.30. The fraction of sp³-hybridized carbons (Fsp3) is 0.200. The second-order valence-electron chi connectivity index (χ2n) is 4.41. The highest BCUT2D eigenvalue weighted by Gasteiger charge is 2.13. The van der Waals surface area contributed by atoms with Crippen LogP contribution in [0.1, 0.15) is 18.2 Å². The molecule has 0 saturated heterocycles. The van der Waals surface area contributed by atoms with Crippen molar-refractivity contribution in [2.24, 2.45) is 0 Å². The first-order chi connectivity index (χ1) is 9.19. The van der Waals surface area contributed by atoms with Crippen molar-refractivity contribution in [2.45, 2.75) is 20.3 Å². The van der Waals surface area contributed by atoms with Gasteiger partial charge in [0.2, 0.25) is 0 Å². The van der Waals surface area contributed by atoms with Crippen molar-refractivity contribution in [1.82, 2.24) is 9.97 Å². The first-order valence-corrected chi connectivity index (χ1v) is 6.58. The number of hydrogen-bond acceptors (Lipinski definition) is 3. The summed E-state index contributed by atoms with van der Waals surface area (Å²) in [6, 6.07) is 9.78. The van der Waals surface area contributed by atoms with E-state index in [2.05, 4.69) is 9.97 Å². The van der Waals surface area contributed by atoms with Crippen LogP contribution in [0.4, 0.5) is 0 Å². The average Bonchev–Trinajstić information content (AvgIpc) is 2.85. The molecule has 0 aliphatic rings. The Balaban J connectivity index is 2.18. The lowest BCUT2D eigenvalue weighted by Gasteiger charge is -2.05. The minimum absolute atomic E-state index is 0.488. The van der Waals surface area contributed by atoms with Crippen LogP contribution in [-0.4, -0.2) is 9.97 Å². The van der Waals surface area contributed by atoms with Gasteiger partial charge >= 0.3 is 0 Å². The molecule has 0 N–H and O–H groups in total. The molecule has 0 bridgehead atoms. The molecule has 3 nitrogen and oxygen atoms in total. The average molecular weight is 273 g/mol. The Labute approximate surface area is 116 Å². The number of rotatable bonds is 2. The van der Waals surface area contributed by atoms with Gasteiger partial charge in [-0.15, -0.1) is 0 Å². The van der Waals surface area contributed by atoms with Crippen LogP contribution >= 0.6 is 11.6 Å². The van der Waals surface area contributed by atoms with Gasteiger partial charge in [-0.05, 0) is 25.5 Å². The summed E-state index contributed by atoms with van der Waals surface area (Å²) in [4.78, 5) is 8.84. The molecule has 0 atom stereocenters. The second-order valence-corrected chi connectivity index (χ2v) is 4.77. The smallest absolute Gasteiger partial charge is 0.197 e. The summed E-state index contributed by atoms with van der Waals surface area (Å²) in [6.07, 6.45) is 0.821. The van der Waals surface area contributed by atoms with Crippen molar-refractivity contribution in [3.05, 3.63) is 46.7 Å². The number of furan rings is 1. The van der Waals surface area contributed by atoms with E-state index in [4.69, 9.17) is 16.0 Å². The van der Waals surface area contributed by atoms with Crippen LogP contribution in [0.3, 0.4) is 0 Å². The molecule has 3 rings (SSSR count). The highest BCUT2D eigenvalue weighted by atomic mass is 35.5. The second kappa shape index (κ2) is 4.67. The molecule has 0 saturated carbocycles. The van der Waals surface area contributed by atoms with Crippen LogP contribution in [0.5, 0.6) is 0 Å². The molecular weight excluding hydrogens is 260 g/mol. The number of nitrogens with zero attached hydrogens (tertiary/aromatic N) is 2. The van der Waals surface area contributed by atoms with E-state index in [1.807, 2.05) is 44.2 Å². The lowest BCUT2D eigenvalue weighted by molar-refractivity contribution is 0.624. The van der Waals surface area contributed by atoms with Crippen molar-refractivity contribution in [3.8, 4) is 11.6 Å². The zero-order valence-electron chi connectivity index (χ0n) is 10.8. The van der Waals surface area contributed by atoms with Crippen molar-refractivity contribution < 1.29 is 4.42 Å². The Hall–Kier alpha value is -1.87. The Bertz CT molecular complexity index is 716. The fourth-order valence-corrected chi connectivity index (χ4v) is 2.27. The Morgan fingerprint density at radius 3 is 2.74 bits per heavy atom. The molecule has 0 amide bonds. The van der Waals surface area contributed by atoms with Crippen LogP contribution < -0.4 is 0 Å². The van der Waals surface area contributed by atoms with Gasteiger partial charge in [0.15, 0.2) is 11.6 Å². The van der Waals surface area contributed by atoms with Gasteiger partial charge in [0.25, 0.3) is 0 Å². The number of benzene rings is 1. The summed E-state index contributed by atoms with van der Waals surface area (Å²) in [5.41, 5.74) is 2.72. The highest BCUT2D eigenvalue weighted by Crippen LogP contribution is 2.27. The maximum Gasteiger partial charge on any atom is 0.197 e. The third-order valence-electron chi connectivity index (χ3n) is 3.17. The van der Waals surface area contributed by atoms with Crippen molar-refractivity contribution in [1.29, 1.82) is 0 Å². The van der Waals surface area contributed by atoms with Gasteiger partial charge in [-0.1, -0.05) is 36.7 Å². The zero-order chi connectivity index (χ0) is 13.4. The Kier molecular flexibility index (Phi) is 2.99. The molecule has 0 spiro atoms. The molecule has 2 heterocycles. The minimum Gasteiger partial charge on any atom is -0.453 e. The lowest BCUT2D eigenvalue weighted by atomic mass is 10.2. The van der Waals surface area contributed by atoms with Gasteiger partial charge in [0, 0.05) is 16.6 Å². The maximum atomic E-state index is 6.15. The van der Waals surface area contributed by atoms with Gasteiger partial charge in [0.05, 0.1) is 0 Å².